The van der Waals surface area contributed by atoms with Gasteiger partial charge in [0.1, 0.15) is 6.33 Å². The Morgan fingerprint density at radius 3 is 2.88 bits per heavy atom. The first-order valence-electron chi connectivity index (χ1n) is 8.43. The van der Waals surface area contributed by atoms with Crippen LogP contribution in [0.4, 0.5) is 11.5 Å². The molecule has 4 rings (SSSR count). The number of fused-ring (bicyclic) bond motifs is 1. The molecule has 2 aromatic heterocycles. The van der Waals surface area contributed by atoms with Crippen LogP contribution in [-0.4, -0.2) is 44.0 Å². The van der Waals surface area contributed by atoms with Crippen molar-refractivity contribution in [2.24, 2.45) is 5.92 Å². The summed E-state index contributed by atoms with van der Waals surface area (Å²) in [5, 5.41) is 11.3. The molecule has 1 fully saturated rings. The van der Waals surface area contributed by atoms with Crippen molar-refractivity contribution in [1.82, 2.24) is 25.0 Å². The molecule has 0 atom stereocenters. The minimum Gasteiger partial charge on any atom is -0.353 e. The predicted molar refractivity (Wildman–Crippen MR) is 102 cm³/mol. The first-order chi connectivity index (χ1) is 12.6. The van der Waals surface area contributed by atoms with E-state index in [2.05, 4.69) is 41.5 Å². The third-order valence-corrected chi connectivity index (χ3v) is 5.45. The molecule has 8 nitrogen and oxygen atoms in total. The molecule has 1 aromatic carbocycles. The fourth-order valence-corrected chi connectivity index (χ4v) is 3.26. The summed E-state index contributed by atoms with van der Waals surface area (Å²) in [4.78, 5) is 23.1. The Bertz CT molecular complexity index is 980. The molecular formula is C17H18BrN7O. The van der Waals surface area contributed by atoms with E-state index in [0.29, 0.717) is 25.2 Å². The van der Waals surface area contributed by atoms with Gasteiger partial charge in [-0.3, -0.25) is 4.79 Å². The zero-order valence-corrected chi connectivity index (χ0v) is 16.1. The smallest absolute Gasteiger partial charge is 0.231 e. The molecule has 0 saturated carbocycles. The van der Waals surface area contributed by atoms with Crippen molar-refractivity contribution in [3.05, 3.63) is 34.6 Å². The molecule has 1 aliphatic heterocycles. The number of carbonyl (C=O) groups excluding carboxylic acids is 1. The van der Waals surface area contributed by atoms with Gasteiger partial charge in [-0.15, -0.1) is 5.10 Å². The number of aromatic nitrogens is 5. The molecule has 1 saturated heterocycles. The molecule has 134 valence electrons. The summed E-state index contributed by atoms with van der Waals surface area (Å²) >= 11 is 3.47. The molecular weight excluding hydrogens is 398 g/mol. The standard InChI is InChI=1S/C17H18BrN7O/c1-3-25-16-14(22-23-25)15(19-9-20-16)24-7-11(8-24)17(26)21-12-4-5-13(18)10(2)6-12/h4-6,9,11H,3,7-8H2,1-2H3,(H,21,26). The normalized spacial score (nSPS) is 14.5. The Balaban J connectivity index is 1.44. The Morgan fingerprint density at radius 1 is 1.35 bits per heavy atom. The van der Waals surface area contributed by atoms with Gasteiger partial charge in [0, 0.05) is 29.8 Å². The predicted octanol–water partition coefficient (Wildman–Crippen LogP) is 2.39. The highest BCUT2D eigenvalue weighted by Gasteiger charge is 2.35. The quantitative estimate of drug-likeness (QED) is 0.703. The van der Waals surface area contributed by atoms with Gasteiger partial charge in [0.15, 0.2) is 17.0 Å². The molecule has 0 bridgehead atoms. The van der Waals surface area contributed by atoms with E-state index in [1.807, 2.05) is 36.9 Å². The van der Waals surface area contributed by atoms with Crippen molar-refractivity contribution >= 4 is 44.5 Å². The van der Waals surface area contributed by atoms with Crippen LogP contribution >= 0.6 is 15.9 Å². The first-order valence-corrected chi connectivity index (χ1v) is 9.22. The van der Waals surface area contributed by atoms with Crippen LogP contribution < -0.4 is 10.2 Å². The zero-order chi connectivity index (χ0) is 18.3. The maximum atomic E-state index is 12.5. The lowest BCUT2D eigenvalue weighted by Crippen LogP contribution is -2.52. The number of anilines is 2. The van der Waals surface area contributed by atoms with E-state index >= 15 is 0 Å². The lowest BCUT2D eigenvalue weighted by Gasteiger charge is -2.38. The fourth-order valence-electron chi connectivity index (χ4n) is 3.01. The fraction of sp³-hybridized carbons (Fsp3) is 0.353. The second-order valence-corrected chi connectivity index (χ2v) is 7.18. The van der Waals surface area contributed by atoms with E-state index in [-0.39, 0.29) is 11.8 Å². The molecule has 1 aliphatic rings. The van der Waals surface area contributed by atoms with Gasteiger partial charge in [-0.1, -0.05) is 21.1 Å². The average Bonchev–Trinajstić information content (AvgIpc) is 3.01. The van der Waals surface area contributed by atoms with Crippen LogP contribution in [0.15, 0.2) is 29.0 Å². The second-order valence-electron chi connectivity index (χ2n) is 6.33. The van der Waals surface area contributed by atoms with Crippen molar-refractivity contribution in [2.75, 3.05) is 23.3 Å². The Morgan fingerprint density at radius 2 is 2.15 bits per heavy atom. The van der Waals surface area contributed by atoms with Crippen LogP contribution in [0.25, 0.3) is 11.2 Å². The van der Waals surface area contributed by atoms with E-state index in [4.69, 9.17) is 0 Å². The van der Waals surface area contributed by atoms with E-state index in [9.17, 15) is 4.79 Å². The lowest BCUT2D eigenvalue weighted by atomic mass is 9.99. The van der Waals surface area contributed by atoms with Gasteiger partial charge in [0.05, 0.1) is 5.92 Å². The van der Waals surface area contributed by atoms with Crippen molar-refractivity contribution in [2.45, 2.75) is 20.4 Å². The highest BCUT2D eigenvalue weighted by atomic mass is 79.9. The number of amides is 1. The number of aryl methyl sites for hydroxylation is 2. The number of hydrogen-bond acceptors (Lipinski definition) is 6. The van der Waals surface area contributed by atoms with Crippen molar-refractivity contribution < 1.29 is 4.79 Å². The van der Waals surface area contributed by atoms with Crippen LogP contribution in [0.2, 0.25) is 0 Å². The van der Waals surface area contributed by atoms with Gasteiger partial charge in [-0.25, -0.2) is 14.6 Å². The molecule has 0 spiro atoms. The van der Waals surface area contributed by atoms with Crippen molar-refractivity contribution in [3.8, 4) is 0 Å². The Kier molecular flexibility index (Phi) is 4.31. The van der Waals surface area contributed by atoms with Gasteiger partial charge >= 0.3 is 0 Å². The molecule has 1 amide bonds. The maximum Gasteiger partial charge on any atom is 0.231 e. The largest absolute Gasteiger partial charge is 0.353 e. The van der Waals surface area contributed by atoms with E-state index in [1.54, 1.807) is 4.68 Å². The molecule has 3 aromatic rings. The topological polar surface area (TPSA) is 88.8 Å². The van der Waals surface area contributed by atoms with Crippen LogP contribution in [0.3, 0.4) is 0 Å². The highest BCUT2D eigenvalue weighted by molar-refractivity contribution is 9.10. The summed E-state index contributed by atoms with van der Waals surface area (Å²) in [5.41, 5.74) is 3.29. The molecule has 0 unspecified atom stereocenters. The summed E-state index contributed by atoms with van der Waals surface area (Å²) in [7, 11) is 0. The van der Waals surface area contributed by atoms with Crippen LogP contribution in [0, 0.1) is 12.8 Å². The SMILES string of the molecule is CCn1nnc2c(N3CC(C(=O)Nc4ccc(Br)c(C)c4)C3)ncnc21. The van der Waals surface area contributed by atoms with Crippen LogP contribution in [0.5, 0.6) is 0 Å². The molecule has 0 radical (unpaired) electrons. The summed E-state index contributed by atoms with van der Waals surface area (Å²) in [6.45, 7) is 5.89. The van der Waals surface area contributed by atoms with E-state index in [1.165, 1.54) is 6.33 Å². The zero-order valence-electron chi connectivity index (χ0n) is 14.5. The summed E-state index contributed by atoms with van der Waals surface area (Å²) in [6.07, 6.45) is 1.52. The van der Waals surface area contributed by atoms with Gasteiger partial charge in [0.2, 0.25) is 5.91 Å². The van der Waals surface area contributed by atoms with Crippen LogP contribution in [0.1, 0.15) is 12.5 Å². The lowest BCUT2D eigenvalue weighted by molar-refractivity contribution is -0.120. The third-order valence-electron chi connectivity index (χ3n) is 4.56. The minimum absolute atomic E-state index is 0.0190. The third kappa shape index (κ3) is 2.92. The molecule has 3 heterocycles. The molecule has 26 heavy (non-hydrogen) atoms. The monoisotopic (exact) mass is 415 g/mol. The van der Waals surface area contributed by atoms with Gasteiger partial charge in [-0.05, 0) is 37.6 Å². The molecule has 1 N–H and O–H groups in total. The van der Waals surface area contributed by atoms with Crippen molar-refractivity contribution in [1.29, 1.82) is 0 Å². The number of nitrogens with one attached hydrogen (secondary N) is 1. The minimum atomic E-state index is -0.0785. The molecule has 0 aliphatic carbocycles. The van der Waals surface area contributed by atoms with Crippen molar-refractivity contribution in [3.63, 3.8) is 0 Å². The Labute approximate surface area is 158 Å². The van der Waals surface area contributed by atoms with E-state index in [0.717, 1.165) is 27.2 Å². The highest BCUT2D eigenvalue weighted by Crippen LogP contribution is 2.28. The van der Waals surface area contributed by atoms with Gasteiger partial charge in [0.25, 0.3) is 0 Å². The number of hydrogen-bond donors (Lipinski definition) is 1. The van der Waals surface area contributed by atoms with Gasteiger partial charge in [-0.2, -0.15) is 0 Å². The second kappa shape index (κ2) is 6.64. The van der Waals surface area contributed by atoms with Crippen LogP contribution in [-0.2, 0) is 11.3 Å². The van der Waals surface area contributed by atoms with Gasteiger partial charge < -0.3 is 10.2 Å². The number of carbonyl (C=O) groups is 1. The summed E-state index contributed by atoms with van der Waals surface area (Å²) < 4.78 is 2.76. The summed E-state index contributed by atoms with van der Waals surface area (Å²) in [6, 6.07) is 5.78. The number of halogens is 1. The average molecular weight is 416 g/mol. The maximum absolute atomic E-state index is 12.5. The first kappa shape index (κ1) is 16.9. The number of benzene rings is 1. The summed E-state index contributed by atoms with van der Waals surface area (Å²) in [5.74, 6) is 0.675. The van der Waals surface area contributed by atoms with E-state index < -0.39 is 0 Å². The molecule has 9 heteroatoms. The number of nitrogens with zero attached hydrogens (tertiary/aromatic N) is 6. The Hall–Kier alpha value is -2.55. The number of rotatable bonds is 4.